The number of hydrogen-bond acceptors (Lipinski definition) is 3. The first kappa shape index (κ1) is 12.8. The van der Waals surface area contributed by atoms with Crippen molar-refractivity contribution in [3.63, 3.8) is 0 Å². The van der Waals surface area contributed by atoms with Gasteiger partial charge >= 0.3 is 0 Å². The van der Waals surface area contributed by atoms with Crippen molar-refractivity contribution in [2.24, 2.45) is 11.8 Å². The molecule has 2 atom stereocenters. The number of piperidine rings is 1. The van der Waals surface area contributed by atoms with E-state index in [9.17, 15) is 4.79 Å². The second-order valence-corrected chi connectivity index (χ2v) is 5.46. The van der Waals surface area contributed by atoms with Crippen LogP contribution in [0, 0.1) is 5.92 Å². The Morgan fingerprint density at radius 2 is 2.00 bits per heavy atom. The predicted octanol–water partition coefficient (Wildman–Crippen LogP) is 1.41. The van der Waals surface area contributed by atoms with Gasteiger partial charge < -0.3 is 4.90 Å². The molecule has 0 aromatic carbocycles. The summed E-state index contributed by atoms with van der Waals surface area (Å²) in [5, 5.41) is 0. The number of carbonyl (C=O) groups is 1. The summed E-state index contributed by atoms with van der Waals surface area (Å²) in [5.41, 5.74) is 2.20. The molecule has 17 heavy (non-hydrogen) atoms. The highest BCUT2D eigenvalue weighted by Gasteiger charge is 2.32. The van der Waals surface area contributed by atoms with E-state index in [1.807, 2.05) is 0 Å². The van der Waals surface area contributed by atoms with E-state index in [2.05, 4.69) is 10.3 Å². The van der Waals surface area contributed by atoms with Crippen molar-refractivity contribution in [2.45, 2.75) is 57.4 Å². The molecule has 2 unspecified atom stereocenters. The number of nitrogens with two attached hydrogens (primary N) is 1. The van der Waals surface area contributed by atoms with E-state index < -0.39 is 0 Å². The molecule has 2 fully saturated rings. The Hall–Kier alpha value is -0.610. The summed E-state index contributed by atoms with van der Waals surface area (Å²) >= 11 is 0. The summed E-state index contributed by atoms with van der Waals surface area (Å²) in [6.45, 7) is 2.29. The molecule has 1 saturated heterocycles. The minimum atomic E-state index is -0.0396. The van der Waals surface area contributed by atoms with Gasteiger partial charge in [0.25, 0.3) is 0 Å². The average Bonchev–Trinajstić information content (AvgIpc) is 2.39. The van der Waals surface area contributed by atoms with Crippen LogP contribution >= 0.6 is 0 Å². The van der Waals surface area contributed by atoms with Gasteiger partial charge in [0, 0.05) is 12.5 Å². The lowest BCUT2D eigenvalue weighted by Crippen LogP contribution is -2.47. The molecular weight excluding hydrogens is 214 g/mol. The van der Waals surface area contributed by atoms with Crippen molar-refractivity contribution >= 4 is 5.91 Å². The van der Waals surface area contributed by atoms with Crippen molar-refractivity contribution in [1.82, 2.24) is 10.3 Å². The maximum Gasteiger partial charge on any atom is 0.233 e. The number of nitrogens with one attached hydrogen (secondary N) is 1. The Bertz CT molecular complexity index is 255. The van der Waals surface area contributed by atoms with Gasteiger partial charge in [0.1, 0.15) is 0 Å². The molecular formula is C13H25N3O. The molecule has 1 aliphatic heterocycles. The number of fused-ring (bicyclic) bond motifs is 1. The highest BCUT2D eigenvalue weighted by atomic mass is 16.2. The van der Waals surface area contributed by atoms with Gasteiger partial charge in [0.05, 0.1) is 0 Å². The van der Waals surface area contributed by atoms with Gasteiger partial charge in [0.2, 0.25) is 5.91 Å². The largest absolute Gasteiger partial charge is 0.300 e. The number of nitrogens with zero attached hydrogens (tertiary/aromatic N) is 1. The van der Waals surface area contributed by atoms with E-state index in [0.29, 0.717) is 6.42 Å². The maximum atomic E-state index is 11.1. The number of rotatable bonds is 4. The summed E-state index contributed by atoms with van der Waals surface area (Å²) in [5.74, 6) is 5.98. The Balaban J connectivity index is 1.76. The molecule has 2 rings (SSSR count). The first-order chi connectivity index (χ1) is 8.31. The molecule has 1 aliphatic carbocycles. The van der Waals surface area contributed by atoms with Crippen molar-refractivity contribution in [3.8, 4) is 0 Å². The first-order valence-corrected chi connectivity index (χ1v) is 7.05. The van der Waals surface area contributed by atoms with Crippen molar-refractivity contribution < 1.29 is 4.79 Å². The zero-order valence-corrected chi connectivity index (χ0v) is 10.7. The molecule has 0 spiro atoms. The van der Waals surface area contributed by atoms with Crippen molar-refractivity contribution in [1.29, 1.82) is 0 Å². The number of carbonyl (C=O) groups excluding carboxylic acids is 1. The Morgan fingerprint density at radius 3 is 2.82 bits per heavy atom. The smallest absolute Gasteiger partial charge is 0.233 e. The summed E-state index contributed by atoms with van der Waals surface area (Å²) in [6.07, 6.45) is 9.86. The number of hydrazine groups is 1. The highest BCUT2D eigenvalue weighted by molar-refractivity contribution is 5.75. The SMILES string of the molecule is NNC(=O)CCCN1CCCC2CCCCC21. The third-order valence-electron chi connectivity index (χ3n) is 4.37. The van der Waals surface area contributed by atoms with E-state index in [1.54, 1.807) is 0 Å². The minimum Gasteiger partial charge on any atom is -0.300 e. The van der Waals surface area contributed by atoms with Crippen LogP contribution in [-0.4, -0.2) is 29.9 Å². The normalized spacial score (nSPS) is 29.7. The number of hydrogen-bond donors (Lipinski definition) is 2. The third-order valence-corrected chi connectivity index (χ3v) is 4.37. The third kappa shape index (κ3) is 3.42. The monoisotopic (exact) mass is 239 g/mol. The second-order valence-electron chi connectivity index (χ2n) is 5.46. The van der Waals surface area contributed by atoms with Gasteiger partial charge in [-0.2, -0.15) is 0 Å². The molecule has 1 amide bonds. The fraction of sp³-hybridized carbons (Fsp3) is 0.923. The summed E-state index contributed by atoms with van der Waals surface area (Å²) < 4.78 is 0. The summed E-state index contributed by atoms with van der Waals surface area (Å²) in [4.78, 5) is 13.7. The molecule has 4 nitrogen and oxygen atoms in total. The molecule has 1 heterocycles. The molecule has 4 heteroatoms. The number of amides is 1. The van der Waals surface area contributed by atoms with Crippen molar-refractivity contribution in [3.05, 3.63) is 0 Å². The predicted molar refractivity (Wildman–Crippen MR) is 68.1 cm³/mol. The van der Waals surface area contributed by atoms with Gasteiger partial charge in [-0.05, 0) is 51.1 Å². The van der Waals surface area contributed by atoms with Crippen LogP contribution in [0.1, 0.15) is 51.4 Å². The van der Waals surface area contributed by atoms with E-state index in [0.717, 1.165) is 24.9 Å². The van der Waals surface area contributed by atoms with E-state index in [1.165, 1.54) is 45.1 Å². The van der Waals surface area contributed by atoms with Gasteiger partial charge in [-0.25, -0.2) is 5.84 Å². The average molecular weight is 239 g/mol. The molecule has 0 radical (unpaired) electrons. The molecule has 2 aliphatic rings. The maximum absolute atomic E-state index is 11.1. The Kier molecular flexibility index (Phi) is 4.80. The lowest BCUT2D eigenvalue weighted by Gasteiger charge is -2.44. The van der Waals surface area contributed by atoms with E-state index in [-0.39, 0.29) is 5.91 Å². The molecule has 3 N–H and O–H groups in total. The van der Waals surface area contributed by atoms with Crippen LogP contribution in [0.25, 0.3) is 0 Å². The van der Waals surface area contributed by atoms with Crippen molar-refractivity contribution in [2.75, 3.05) is 13.1 Å². The van der Waals surface area contributed by atoms with Gasteiger partial charge in [-0.15, -0.1) is 0 Å². The zero-order chi connectivity index (χ0) is 12.1. The van der Waals surface area contributed by atoms with Gasteiger partial charge in [-0.3, -0.25) is 10.2 Å². The highest BCUT2D eigenvalue weighted by Crippen LogP contribution is 2.35. The van der Waals surface area contributed by atoms with Crippen LogP contribution < -0.4 is 11.3 Å². The van der Waals surface area contributed by atoms with Crippen LogP contribution in [0.5, 0.6) is 0 Å². The van der Waals surface area contributed by atoms with Gasteiger partial charge in [0.15, 0.2) is 0 Å². The zero-order valence-electron chi connectivity index (χ0n) is 10.7. The van der Waals surface area contributed by atoms with E-state index in [4.69, 9.17) is 5.84 Å². The van der Waals surface area contributed by atoms with Crippen LogP contribution in [0.2, 0.25) is 0 Å². The lowest BCUT2D eigenvalue weighted by atomic mass is 9.78. The second kappa shape index (κ2) is 6.36. The first-order valence-electron chi connectivity index (χ1n) is 7.05. The summed E-state index contributed by atoms with van der Waals surface area (Å²) in [7, 11) is 0. The van der Waals surface area contributed by atoms with Crippen LogP contribution in [0.3, 0.4) is 0 Å². The van der Waals surface area contributed by atoms with Crippen LogP contribution in [0.4, 0.5) is 0 Å². The minimum absolute atomic E-state index is 0.0396. The lowest BCUT2D eigenvalue weighted by molar-refractivity contribution is -0.121. The Labute approximate surface area is 104 Å². The van der Waals surface area contributed by atoms with Gasteiger partial charge in [-0.1, -0.05) is 12.8 Å². The van der Waals surface area contributed by atoms with Crippen LogP contribution in [-0.2, 0) is 4.79 Å². The Morgan fingerprint density at radius 1 is 1.24 bits per heavy atom. The quantitative estimate of drug-likeness (QED) is 0.443. The fourth-order valence-corrected chi connectivity index (χ4v) is 3.52. The number of likely N-dealkylation sites (tertiary alicyclic amines) is 1. The molecule has 0 aromatic rings. The molecule has 0 aromatic heterocycles. The molecule has 0 bridgehead atoms. The molecule has 1 saturated carbocycles. The summed E-state index contributed by atoms with van der Waals surface area (Å²) in [6, 6.07) is 0.804. The van der Waals surface area contributed by atoms with E-state index >= 15 is 0 Å². The molecule has 98 valence electrons. The standard InChI is InChI=1S/C13H25N3O/c14-15-13(17)8-4-10-16-9-3-6-11-5-1-2-7-12(11)16/h11-12H,1-10,14H2,(H,15,17). The topological polar surface area (TPSA) is 58.4 Å². The fourth-order valence-electron chi connectivity index (χ4n) is 3.52. The van der Waals surface area contributed by atoms with Crippen LogP contribution in [0.15, 0.2) is 0 Å².